The summed E-state index contributed by atoms with van der Waals surface area (Å²) in [6.07, 6.45) is 5.74. The zero-order chi connectivity index (χ0) is 19.5. The van der Waals surface area contributed by atoms with E-state index in [2.05, 4.69) is 82.7 Å². The molecule has 0 spiro atoms. The van der Waals surface area contributed by atoms with E-state index in [1.165, 1.54) is 33.4 Å². The number of rotatable bonds is 2. The predicted octanol–water partition coefficient (Wildman–Crippen LogP) is 8.76. The molecule has 1 aliphatic rings. The molecule has 0 fully saturated rings. The Hall–Kier alpha value is 1.11. The normalized spacial score (nSPS) is 13.1. The summed E-state index contributed by atoms with van der Waals surface area (Å²) in [6.45, 7) is 8.99. The van der Waals surface area contributed by atoms with Crippen LogP contribution in [-0.4, -0.2) is 0 Å². The minimum atomic E-state index is -3.29. The summed E-state index contributed by atoms with van der Waals surface area (Å²) in [5.41, 5.74) is 8.39. The molecule has 0 bridgehead atoms. The minimum Gasteiger partial charge on any atom is 0 e. The van der Waals surface area contributed by atoms with Crippen molar-refractivity contribution in [2.45, 2.75) is 39.5 Å². The van der Waals surface area contributed by atoms with Crippen molar-refractivity contribution in [3.05, 3.63) is 71.1 Å². The van der Waals surface area contributed by atoms with E-state index in [0.717, 1.165) is 6.42 Å². The van der Waals surface area contributed by atoms with Gasteiger partial charge >= 0.3 is 49.5 Å². The fourth-order valence-corrected chi connectivity index (χ4v) is 2.90. The van der Waals surface area contributed by atoms with E-state index < -0.39 is 15.5 Å². The third-order valence-corrected chi connectivity index (χ3v) is 4.28. The average Bonchev–Trinajstić information content (AvgIpc) is 2.95. The number of hydrogen-bond donors (Lipinski definition) is 0. The zero-order valence-corrected chi connectivity index (χ0v) is 23.9. The van der Waals surface area contributed by atoms with Gasteiger partial charge in [-0.3, -0.25) is 0 Å². The van der Waals surface area contributed by atoms with Crippen molar-refractivity contribution >= 4 is 40.1 Å². The van der Waals surface area contributed by atoms with E-state index in [0.29, 0.717) is 0 Å². The number of hydrogen-bond acceptors (Lipinski definition) is 0. The van der Waals surface area contributed by atoms with Crippen molar-refractivity contribution in [1.29, 1.82) is 0 Å². The van der Waals surface area contributed by atoms with Crippen molar-refractivity contribution in [3.8, 4) is 11.1 Å². The summed E-state index contributed by atoms with van der Waals surface area (Å²) >= 11 is -3.29. The Morgan fingerprint density at radius 3 is 1.93 bits per heavy atom. The first-order chi connectivity index (χ1) is 12.0. The SMILES string of the molecule is CCC1=Cc2c(cccc2-c2ccc(C(C)(C)C)cc2)[CH]1.[Cl][Zr]([Cl])([Cl])[Cl].[Zr]. The van der Waals surface area contributed by atoms with E-state index in [9.17, 15) is 0 Å². The second-order valence-electron chi connectivity index (χ2n) is 7.28. The maximum atomic E-state index is 5.04. The topological polar surface area (TPSA) is 0 Å². The van der Waals surface area contributed by atoms with Crippen LogP contribution >= 0.6 is 34.1 Å². The Morgan fingerprint density at radius 1 is 0.889 bits per heavy atom. The van der Waals surface area contributed by atoms with Gasteiger partial charge in [0.25, 0.3) is 0 Å². The van der Waals surface area contributed by atoms with Crippen LogP contribution in [0, 0.1) is 6.42 Å². The molecule has 143 valence electrons. The molecule has 0 nitrogen and oxygen atoms in total. The van der Waals surface area contributed by atoms with Crippen molar-refractivity contribution in [2.75, 3.05) is 0 Å². The van der Waals surface area contributed by atoms with Gasteiger partial charge in [0.15, 0.2) is 0 Å². The van der Waals surface area contributed by atoms with Gasteiger partial charge in [0.1, 0.15) is 0 Å². The van der Waals surface area contributed by atoms with Crippen molar-refractivity contribution in [2.24, 2.45) is 0 Å². The summed E-state index contributed by atoms with van der Waals surface area (Å²) < 4.78 is 0. The van der Waals surface area contributed by atoms with Crippen LogP contribution in [0.2, 0.25) is 0 Å². The first kappa shape index (κ1) is 26.1. The standard InChI is InChI=1S/C21H23.4ClH.2Zr/c1-5-15-13-17-7-6-8-19(20(17)14-15)16-9-11-18(12-10-16)21(2,3)4;;;;;;/h6-14H,5H2,1-4H3;4*1H;;/q;;;;;;+4/p-4. The van der Waals surface area contributed by atoms with Gasteiger partial charge in [-0.05, 0) is 39.7 Å². The van der Waals surface area contributed by atoms with Crippen LogP contribution in [0.25, 0.3) is 17.2 Å². The van der Waals surface area contributed by atoms with Crippen LogP contribution in [0.3, 0.4) is 0 Å². The molecule has 2 aromatic carbocycles. The summed E-state index contributed by atoms with van der Waals surface area (Å²) in [5.74, 6) is 0. The van der Waals surface area contributed by atoms with Gasteiger partial charge in [0.2, 0.25) is 0 Å². The second kappa shape index (κ2) is 10.9. The van der Waals surface area contributed by atoms with Gasteiger partial charge in [-0.2, -0.15) is 0 Å². The molecule has 0 unspecified atom stereocenters. The molecule has 27 heavy (non-hydrogen) atoms. The molecule has 0 N–H and O–H groups in total. The quantitative estimate of drug-likeness (QED) is 0.324. The largest absolute Gasteiger partial charge is 0 e. The molecule has 0 saturated heterocycles. The van der Waals surface area contributed by atoms with Crippen LogP contribution < -0.4 is 0 Å². The Bertz CT molecular complexity index is 779. The van der Waals surface area contributed by atoms with E-state index in [1.54, 1.807) is 0 Å². The molecule has 3 rings (SSSR count). The number of allylic oxidation sites excluding steroid dienone is 1. The van der Waals surface area contributed by atoms with Gasteiger partial charge < -0.3 is 0 Å². The van der Waals surface area contributed by atoms with Crippen LogP contribution in [0.5, 0.6) is 0 Å². The Kier molecular flexibility index (Phi) is 10.6. The summed E-state index contributed by atoms with van der Waals surface area (Å²) in [5, 5.41) is 0. The molecule has 0 atom stereocenters. The van der Waals surface area contributed by atoms with Crippen molar-refractivity contribution < 1.29 is 41.7 Å². The number of halogens is 4. The zero-order valence-electron chi connectivity index (χ0n) is 15.9. The van der Waals surface area contributed by atoms with Crippen LogP contribution in [0.15, 0.2) is 48.0 Å². The van der Waals surface area contributed by atoms with Crippen molar-refractivity contribution in [1.82, 2.24) is 0 Å². The van der Waals surface area contributed by atoms with Crippen molar-refractivity contribution in [3.63, 3.8) is 0 Å². The minimum absolute atomic E-state index is 0. The molecule has 2 aromatic rings. The summed E-state index contributed by atoms with van der Waals surface area (Å²) in [4.78, 5) is 0. The molecule has 1 radical (unpaired) electrons. The Balaban J connectivity index is 0.000000542. The van der Waals surface area contributed by atoms with Gasteiger partial charge in [-0.1, -0.05) is 81.8 Å². The van der Waals surface area contributed by atoms with Crippen LogP contribution in [0.4, 0.5) is 0 Å². The molecule has 0 aromatic heterocycles. The van der Waals surface area contributed by atoms with Crippen LogP contribution in [-0.2, 0) is 47.1 Å². The Morgan fingerprint density at radius 2 is 1.44 bits per heavy atom. The molecule has 6 heteroatoms. The van der Waals surface area contributed by atoms with Gasteiger partial charge in [-0.15, -0.1) is 0 Å². The number of benzene rings is 2. The smallest absolute Gasteiger partial charge is 0 e. The van der Waals surface area contributed by atoms with Gasteiger partial charge in [-0.25, -0.2) is 0 Å². The van der Waals surface area contributed by atoms with E-state index in [-0.39, 0.29) is 31.6 Å². The fourth-order valence-electron chi connectivity index (χ4n) is 2.90. The number of fused-ring (bicyclic) bond motifs is 1. The van der Waals surface area contributed by atoms with E-state index >= 15 is 0 Å². The molecular weight excluding hydrogens is 576 g/mol. The van der Waals surface area contributed by atoms with E-state index in [4.69, 9.17) is 34.1 Å². The van der Waals surface area contributed by atoms with E-state index in [1.807, 2.05) is 0 Å². The van der Waals surface area contributed by atoms with Gasteiger partial charge in [0, 0.05) is 32.6 Å². The monoisotopic (exact) mass is 595 g/mol. The molecule has 0 heterocycles. The molecule has 0 saturated carbocycles. The maximum absolute atomic E-state index is 5.04. The molecule has 0 aliphatic heterocycles. The van der Waals surface area contributed by atoms with Crippen LogP contribution in [0.1, 0.15) is 50.8 Å². The first-order valence-electron chi connectivity index (χ1n) is 8.54. The first-order valence-corrected chi connectivity index (χ1v) is 21.2. The Labute approximate surface area is 201 Å². The molecular formula is C21H23Cl4Zr2. The third kappa shape index (κ3) is 8.40. The summed E-state index contributed by atoms with van der Waals surface area (Å²) in [7, 11) is 20.1. The van der Waals surface area contributed by atoms with Gasteiger partial charge in [0.05, 0.1) is 0 Å². The average molecular weight is 600 g/mol. The second-order valence-corrected chi connectivity index (χ2v) is 29.7. The third-order valence-electron chi connectivity index (χ3n) is 4.28. The molecule has 0 amide bonds. The molecule has 1 aliphatic carbocycles. The summed E-state index contributed by atoms with van der Waals surface area (Å²) in [6, 6.07) is 15.6. The predicted molar refractivity (Wildman–Crippen MR) is 116 cm³/mol. The fraction of sp³-hybridized carbons (Fsp3) is 0.286. The maximum Gasteiger partial charge on any atom is 0 e.